The summed E-state index contributed by atoms with van der Waals surface area (Å²) >= 11 is 1.58. The van der Waals surface area contributed by atoms with Gasteiger partial charge in [0, 0.05) is 37.6 Å². The minimum Gasteiger partial charge on any atom is -0.441 e. The van der Waals surface area contributed by atoms with Crippen molar-refractivity contribution in [1.82, 2.24) is 31.0 Å². The lowest BCUT2D eigenvalue weighted by Crippen LogP contribution is -2.55. The molecule has 2 aromatic heterocycles. The minimum absolute atomic E-state index is 0.113. The second-order valence-electron chi connectivity index (χ2n) is 13.5. The maximum atomic E-state index is 13.9. The van der Waals surface area contributed by atoms with E-state index in [4.69, 9.17) is 14.2 Å². The van der Waals surface area contributed by atoms with Gasteiger partial charge in [0.1, 0.15) is 6.04 Å². The van der Waals surface area contributed by atoms with E-state index in [1.807, 2.05) is 79.9 Å². The molecule has 0 unspecified atom stereocenters. The van der Waals surface area contributed by atoms with E-state index in [0.29, 0.717) is 25.1 Å². The Bertz CT molecular complexity index is 1680. The molecule has 0 saturated carbocycles. The zero-order valence-electron chi connectivity index (χ0n) is 29.9. The zero-order chi connectivity index (χ0) is 36.9. The highest BCUT2D eigenvalue weighted by atomic mass is 32.1. The van der Waals surface area contributed by atoms with Crippen LogP contribution in [-0.4, -0.2) is 82.5 Å². The number of aliphatic hydroxyl groups is 1. The SMILES string of the molecule is CC(C)[C@H](NC(=O)N(C)Cc1csc(N2CCCC2)n1)C(=O)N[C@@H](Cc1ccccc1)C[C@H](O)[C@H](Cc1ccccc1)NC(=O)OCc1ccno1. The number of rotatable bonds is 17. The third kappa shape index (κ3) is 11.5. The van der Waals surface area contributed by atoms with Crippen molar-refractivity contribution < 1.29 is 28.8 Å². The molecule has 0 aliphatic carbocycles. The maximum Gasteiger partial charge on any atom is 0.407 e. The van der Waals surface area contributed by atoms with Gasteiger partial charge in [0.05, 0.1) is 30.6 Å². The van der Waals surface area contributed by atoms with Gasteiger partial charge in [0.25, 0.3) is 0 Å². The Hall–Kier alpha value is -4.95. The van der Waals surface area contributed by atoms with Crippen LogP contribution in [0, 0.1) is 5.92 Å². The van der Waals surface area contributed by atoms with Gasteiger partial charge in [-0.3, -0.25) is 4.79 Å². The summed E-state index contributed by atoms with van der Waals surface area (Å²) in [5.41, 5.74) is 2.66. The number of amides is 4. The van der Waals surface area contributed by atoms with E-state index in [0.717, 1.165) is 47.9 Å². The number of carbonyl (C=O) groups is 3. The molecule has 278 valence electrons. The first-order valence-electron chi connectivity index (χ1n) is 17.7. The van der Waals surface area contributed by atoms with Gasteiger partial charge in [-0.05, 0) is 49.1 Å². The summed E-state index contributed by atoms with van der Waals surface area (Å²) in [4.78, 5) is 48.7. The van der Waals surface area contributed by atoms with Crippen molar-refractivity contribution in [3.63, 3.8) is 0 Å². The van der Waals surface area contributed by atoms with Gasteiger partial charge in [0.15, 0.2) is 17.5 Å². The summed E-state index contributed by atoms with van der Waals surface area (Å²) < 4.78 is 10.4. The van der Waals surface area contributed by atoms with Gasteiger partial charge in [-0.1, -0.05) is 79.7 Å². The second kappa shape index (κ2) is 19.0. The number of nitrogens with zero attached hydrogens (tertiary/aromatic N) is 4. The molecule has 3 heterocycles. The molecule has 0 radical (unpaired) electrons. The van der Waals surface area contributed by atoms with Gasteiger partial charge in [-0.15, -0.1) is 11.3 Å². The summed E-state index contributed by atoms with van der Waals surface area (Å²) in [7, 11) is 1.68. The van der Waals surface area contributed by atoms with E-state index in [1.54, 1.807) is 24.5 Å². The van der Waals surface area contributed by atoms with E-state index in [9.17, 15) is 19.5 Å². The van der Waals surface area contributed by atoms with Crippen LogP contribution in [0.25, 0.3) is 0 Å². The normalized spacial score (nSPS) is 15.1. The average molecular weight is 732 g/mol. The van der Waals surface area contributed by atoms with Crippen LogP contribution in [0.3, 0.4) is 0 Å². The van der Waals surface area contributed by atoms with Gasteiger partial charge in [-0.25, -0.2) is 14.6 Å². The van der Waals surface area contributed by atoms with Crippen LogP contribution in [-0.2, 0) is 35.5 Å². The number of ether oxygens (including phenoxy) is 1. The van der Waals surface area contributed by atoms with Crippen molar-refractivity contribution in [2.45, 2.75) is 83.3 Å². The first-order chi connectivity index (χ1) is 25.1. The summed E-state index contributed by atoms with van der Waals surface area (Å²) in [5, 5.41) is 27.1. The number of thiazole rings is 1. The van der Waals surface area contributed by atoms with Crippen LogP contribution in [0.5, 0.6) is 0 Å². The Labute approximate surface area is 308 Å². The number of hydrogen-bond acceptors (Lipinski definition) is 10. The van der Waals surface area contributed by atoms with Crippen molar-refractivity contribution in [3.05, 3.63) is 101 Å². The summed E-state index contributed by atoms with van der Waals surface area (Å²) in [6.45, 7) is 5.93. The van der Waals surface area contributed by atoms with Gasteiger partial charge < -0.3 is 40.1 Å². The van der Waals surface area contributed by atoms with Crippen molar-refractivity contribution in [3.8, 4) is 0 Å². The quantitative estimate of drug-likeness (QED) is 0.118. The fourth-order valence-corrected chi connectivity index (χ4v) is 7.02. The third-order valence-corrected chi connectivity index (χ3v) is 9.94. The van der Waals surface area contributed by atoms with Crippen LogP contribution in [0.4, 0.5) is 14.7 Å². The molecule has 0 spiro atoms. The fraction of sp³-hybridized carbons (Fsp3) is 0.447. The van der Waals surface area contributed by atoms with E-state index in [1.165, 1.54) is 11.1 Å². The Morgan fingerprint density at radius 2 is 1.63 bits per heavy atom. The Morgan fingerprint density at radius 1 is 0.962 bits per heavy atom. The van der Waals surface area contributed by atoms with Crippen LogP contribution in [0.15, 0.2) is 82.8 Å². The number of hydrogen-bond donors (Lipinski definition) is 4. The number of nitrogens with one attached hydrogen (secondary N) is 3. The van der Waals surface area contributed by atoms with Crippen LogP contribution in [0.2, 0.25) is 0 Å². The van der Waals surface area contributed by atoms with Crippen LogP contribution in [0.1, 0.15) is 55.7 Å². The van der Waals surface area contributed by atoms with Crippen molar-refractivity contribution in [2.24, 2.45) is 5.92 Å². The number of aliphatic hydroxyl groups excluding tert-OH is 1. The first-order valence-corrected chi connectivity index (χ1v) is 18.6. The molecule has 4 N–H and O–H groups in total. The zero-order valence-corrected chi connectivity index (χ0v) is 30.8. The number of anilines is 1. The van der Waals surface area contributed by atoms with Crippen molar-refractivity contribution >= 4 is 34.5 Å². The summed E-state index contributed by atoms with van der Waals surface area (Å²) in [6, 6.07) is 18.2. The van der Waals surface area contributed by atoms with E-state index >= 15 is 0 Å². The number of alkyl carbamates (subject to hydrolysis) is 1. The molecular weight excluding hydrogens is 683 g/mol. The number of urea groups is 1. The predicted octanol–water partition coefficient (Wildman–Crippen LogP) is 4.91. The van der Waals surface area contributed by atoms with Gasteiger partial charge >= 0.3 is 12.1 Å². The highest BCUT2D eigenvalue weighted by Gasteiger charge is 2.31. The lowest BCUT2D eigenvalue weighted by Gasteiger charge is -2.30. The molecule has 13 nitrogen and oxygen atoms in total. The van der Waals surface area contributed by atoms with Crippen molar-refractivity contribution in [2.75, 3.05) is 25.0 Å². The van der Waals surface area contributed by atoms with Gasteiger partial charge in [-0.2, -0.15) is 0 Å². The number of benzene rings is 2. The molecule has 4 amide bonds. The standard InChI is InChI=1S/C38H49N7O6S/c1-26(2)34(43-36(48)44(3)23-30-25-52-37(41-30)45-18-10-11-19-45)35(47)40-29(20-27-12-6-4-7-13-27)22-33(46)32(21-28-14-8-5-9-15-28)42-38(49)50-24-31-16-17-39-51-31/h4-9,12-17,25-26,29,32-34,46H,10-11,18-24H2,1-3H3,(H,40,47)(H,42,49)(H,43,48)/t29-,32-,33-,34-/m0/s1. The smallest absolute Gasteiger partial charge is 0.407 e. The summed E-state index contributed by atoms with van der Waals surface area (Å²) in [5.74, 6) is -0.213. The van der Waals surface area contributed by atoms with Crippen LogP contribution >= 0.6 is 11.3 Å². The largest absolute Gasteiger partial charge is 0.441 e. The van der Waals surface area contributed by atoms with E-state index < -0.39 is 30.3 Å². The number of aromatic nitrogens is 2. The monoisotopic (exact) mass is 731 g/mol. The van der Waals surface area contributed by atoms with E-state index in [-0.39, 0.29) is 30.9 Å². The molecule has 1 saturated heterocycles. The van der Waals surface area contributed by atoms with Crippen LogP contribution < -0.4 is 20.9 Å². The summed E-state index contributed by atoms with van der Waals surface area (Å²) in [6.07, 6.45) is 2.83. The Kier molecular flexibility index (Phi) is 14.0. The Balaban J connectivity index is 1.25. The molecule has 5 rings (SSSR count). The molecule has 1 aliphatic heterocycles. The van der Waals surface area contributed by atoms with E-state index in [2.05, 4.69) is 26.0 Å². The highest BCUT2D eigenvalue weighted by Crippen LogP contribution is 2.25. The molecular formula is C38H49N7O6S. The minimum atomic E-state index is -1.08. The molecule has 4 aromatic rings. The topological polar surface area (TPSA) is 162 Å². The molecule has 52 heavy (non-hydrogen) atoms. The Morgan fingerprint density at radius 3 is 2.27 bits per heavy atom. The molecule has 1 fully saturated rings. The first kappa shape index (κ1) is 38.3. The maximum absolute atomic E-state index is 13.9. The molecule has 14 heteroatoms. The average Bonchev–Trinajstić information content (AvgIpc) is 3.94. The predicted molar refractivity (Wildman–Crippen MR) is 199 cm³/mol. The lowest BCUT2D eigenvalue weighted by molar-refractivity contribution is -0.124. The van der Waals surface area contributed by atoms with Crippen molar-refractivity contribution in [1.29, 1.82) is 0 Å². The second-order valence-corrected chi connectivity index (χ2v) is 14.4. The molecule has 2 aromatic carbocycles. The highest BCUT2D eigenvalue weighted by molar-refractivity contribution is 7.13. The van der Waals surface area contributed by atoms with Gasteiger partial charge in [0.2, 0.25) is 5.91 Å². The molecule has 0 bridgehead atoms. The molecule has 1 aliphatic rings. The lowest BCUT2D eigenvalue weighted by atomic mass is 9.93. The fourth-order valence-electron chi connectivity index (χ4n) is 6.15. The third-order valence-electron chi connectivity index (χ3n) is 8.99. The molecule has 4 atom stereocenters. The number of carbonyl (C=O) groups excluding carboxylic acids is 3.